The minimum atomic E-state index is 0.0787. The number of aromatic nitrogens is 3. The molecule has 0 saturated heterocycles. The summed E-state index contributed by atoms with van der Waals surface area (Å²) in [4.78, 5) is 13.4. The van der Waals surface area contributed by atoms with E-state index in [0.29, 0.717) is 33.9 Å². The van der Waals surface area contributed by atoms with Crippen LogP contribution in [0.2, 0.25) is 0 Å². The van der Waals surface area contributed by atoms with Gasteiger partial charge < -0.3 is 21.4 Å². The van der Waals surface area contributed by atoms with Crippen LogP contribution in [0.25, 0.3) is 27.7 Å². The summed E-state index contributed by atoms with van der Waals surface area (Å²) in [7, 11) is 0. The van der Waals surface area contributed by atoms with Gasteiger partial charge in [-0.1, -0.05) is 12.1 Å². The van der Waals surface area contributed by atoms with Crippen LogP contribution in [0.15, 0.2) is 72.2 Å². The Morgan fingerprint density at radius 1 is 1.06 bits per heavy atom. The van der Waals surface area contributed by atoms with Gasteiger partial charge in [-0.25, -0.2) is 4.98 Å². The molecule has 0 fully saturated rings. The summed E-state index contributed by atoms with van der Waals surface area (Å²) in [6.45, 7) is 0. The van der Waals surface area contributed by atoms with Crippen molar-refractivity contribution >= 4 is 52.0 Å². The first-order valence-corrected chi connectivity index (χ1v) is 10.0. The Kier molecular flexibility index (Phi) is 7.21. The average molecular weight is 445 g/mol. The molecule has 3 aromatic rings. The SMILES string of the molecule is N=C/C(=C\N)c1cnc2ccc(-c3cncc(N)c3)cc2n1.N=C1C=CC=C(SO)C1=N. The van der Waals surface area contributed by atoms with Crippen LogP contribution in [-0.4, -0.2) is 37.1 Å². The Morgan fingerprint density at radius 2 is 1.88 bits per heavy atom. The lowest BCUT2D eigenvalue weighted by atomic mass is 10.1. The minimum absolute atomic E-state index is 0.0787. The van der Waals surface area contributed by atoms with Gasteiger partial charge in [-0.2, -0.15) is 0 Å². The van der Waals surface area contributed by atoms with E-state index in [9.17, 15) is 0 Å². The number of nitrogens with zero attached hydrogens (tertiary/aromatic N) is 3. The van der Waals surface area contributed by atoms with Gasteiger partial charge in [-0.3, -0.25) is 20.8 Å². The first-order chi connectivity index (χ1) is 15.5. The highest BCUT2D eigenvalue weighted by molar-refractivity contribution is 7.98. The molecule has 9 nitrogen and oxygen atoms in total. The molecule has 0 spiro atoms. The fraction of sp³-hybridized carbons (Fsp3) is 0. The quantitative estimate of drug-likeness (QED) is 0.200. The first kappa shape index (κ1) is 22.5. The highest BCUT2D eigenvalue weighted by Crippen LogP contribution is 2.24. The van der Waals surface area contributed by atoms with E-state index in [1.54, 1.807) is 30.7 Å². The Hall–Kier alpha value is -4.15. The topological polar surface area (TPSA) is 182 Å². The molecule has 0 amide bonds. The zero-order valence-electron chi connectivity index (χ0n) is 16.8. The summed E-state index contributed by atoms with van der Waals surface area (Å²) in [5, 5.41) is 21.7. The van der Waals surface area contributed by atoms with Crippen LogP contribution in [0.1, 0.15) is 5.69 Å². The second-order valence-corrected chi connectivity index (χ2v) is 7.12. The third kappa shape index (κ3) is 5.12. The van der Waals surface area contributed by atoms with E-state index in [0.717, 1.165) is 28.4 Å². The summed E-state index contributed by atoms with van der Waals surface area (Å²) in [5.41, 5.74) is 16.5. The molecule has 0 atom stereocenters. The number of fused-ring (bicyclic) bond motifs is 1. The largest absolute Gasteiger partial charge is 0.404 e. The number of nitrogens with two attached hydrogens (primary N) is 2. The molecule has 1 aromatic carbocycles. The van der Waals surface area contributed by atoms with Crippen LogP contribution < -0.4 is 11.5 Å². The maximum Gasteiger partial charge on any atom is 0.0948 e. The number of anilines is 1. The van der Waals surface area contributed by atoms with Gasteiger partial charge in [0, 0.05) is 48.0 Å². The van der Waals surface area contributed by atoms with Crippen LogP contribution in [-0.2, 0) is 0 Å². The zero-order valence-corrected chi connectivity index (χ0v) is 17.6. The molecular formula is C22H20N8OS. The van der Waals surface area contributed by atoms with Crippen LogP contribution in [0.4, 0.5) is 5.69 Å². The van der Waals surface area contributed by atoms with Crippen molar-refractivity contribution < 1.29 is 4.55 Å². The molecule has 0 radical (unpaired) electrons. The Bertz CT molecular complexity index is 1300. The summed E-state index contributed by atoms with van der Waals surface area (Å²) in [5.74, 6) is 0. The smallest absolute Gasteiger partial charge is 0.0948 e. The summed E-state index contributed by atoms with van der Waals surface area (Å²) in [6, 6.07) is 7.61. The van der Waals surface area contributed by atoms with E-state index in [4.69, 9.17) is 32.2 Å². The number of pyridine rings is 1. The fourth-order valence-electron chi connectivity index (χ4n) is 2.76. The van der Waals surface area contributed by atoms with Gasteiger partial charge in [0.1, 0.15) is 0 Å². The monoisotopic (exact) mass is 444 g/mol. The normalized spacial score (nSPS) is 13.4. The van der Waals surface area contributed by atoms with Crippen molar-refractivity contribution in [2.75, 3.05) is 5.73 Å². The molecule has 10 heteroatoms. The van der Waals surface area contributed by atoms with E-state index in [1.807, 2.05) is 24.3 Å². The molecule has 2 aromatic heterocycles. The summed E-state index contributed by atoms with van der Waals surface area (Å²) >= 11 is 0.502. The van der Waals surface area contributed by atoms with Gasteiger partial charge >= 0.3 is 0 Å². The highest BCUT2D eigenvalue weighted by Gasteiger charge is 2.11. The lowest BCUT2D eigenvalue weighted by Gasteiger charge is -2.06. The van der Waals surface area contributed by atoms with Crippen molar-refractivity contribution in [3.63, 3.8) is 0 Å². The maximum atomic E-state index is 8.56. The second kappa shape index (κ2) is 10.2. The number of nitrogen functional groups attached to an aromatic ring is 1. The minimum Gasteiger partial charge on any atom is -0.404 e. The van der Waals surface area contributed by atoms with E-state index in [2.05, 4.69) is 15.0 Å². The Labute approximate surface area is 188 Å². The zero-order chi connectivity index (χ0) is 23.1. The fourth-order valence-corrected chi connectivity index (χ4v) is 3.10. The number of benzene rings is 1. The van der Waals surface area contributed by atoms with Crippen LogP contribution in [0.5, 0.6) is 0 Å². The Morgan fingerprint density at radius 3 is 2.53 bits per heavy atom. The first-order valence-electron chi connectivity index (χ1n) is 9.25. The molecule has 4 rings (SSSR count). The van der Waals surface area contributed by atoms with E-state index in [1.165, 1.54) is 12.3 Å². The molecule has 0 aliphatic heterocycles. The predicted molar refractivity (Wildman–Crippen MR) is 131 cm³/mol. The maximum absolute atomic E-state index is 8.56. The van der Waals surface area contributed by atoms with Crippen molar-refractivity contribution in [1.29, 1.82) is 16.2 Å². The third-order valence-electron chi connectivity index (χ3n) is 4.39. The van der Waals surface area contributed by atoms with Gasteiger partial charge in [-0.05, 0) is 35.9 Å². The standard InChI is InChI=1S/C16H14N6.C6H6N2OS/c17-5-12(6-18)16-9-21-14-2-1-10(4-15(14)22-16)11-3-13(19)8-20-7-11;7-4-2-1-3-5(10-9)6(4)8/h1-9,17H,18-19H2;1-3,7-9H/b12-6+,17-5?;. The Balaban J connectivity index is 0.000000243. The van der Waals surface area contributed by atoms with Gasteiger partial charge in [-0.15, -0.1) is 0 Å². The van der Waals surface area contributed by atoms with E-state index >= 15 is 0 Å². The van der Waals surface area contributed by atoms with Gasteiger partial charge in [0.05, 0.1) is 44.9 Å². The van der Waals surface area contributed by atoms with Crippen molar-refractivity contribution in [1.82, 2.24) is 15.0 Å². The van der Waals surface area contributed by atoms with Crippen molar-refractivity contribution in [2.24, 2.45) is 5.73 Å². The molecule has 0 bridgehead atoms. The van der Waals surface area contributed by atoms with Crippen LogP contribution in [0, 0.1) is 16.2 Å². The third-order valence-corrected chi connectivity index (χ3v) is 4.93. The lowest BCUT2D eigenvalue weighted by molar-refractivity contribution is 0.670. The van der Waals surface area contributed by atoms with E-state index < -0.39 is 0 Å². The average Bonchev–Trinajstić information content (AvgIpc) is 2.81. The van der Waals surface area contributed by atoms with Gasteiger partial charge in [0.25, 0.3) is 0 Å². The predicted octanol–water partition coefficient (Wildman–Crippen LogP) is 3.91. The molecular weight excluding hydrogens is 424 g/mol. The van der Waals surface area contributed by atoms with Crippen LogP contribution >= 0.6 is 12.0 Å². The number of hydrogen-bond acceptors (Lipinski definition) is 10. The second-order valence-electron chi connectivity index (χ2n) is 6.50. The van der Waals surface area contributed by atoms with Crippen molar-refractivity contribution in [2.45, 2.75) is 0 Å². The molecule has 1 aliphatic carbocycles. The molecule has 1 aliphatic rings. The van der Waals surface area contributed by atoms with E-state index in [-0.39, 0.29) is 11.4 Å². The summed E-state index contributed by atoms with van der Waals surface area (Å²) in [6.07, 6.45) is 12.2. The van der Waals surface area contributed by atoms with Crippen LogP contribution in [0.3, 0.4) is 0 Å². The molecule has 160 valence electrons. The number of hydrogen-bond donors (Lipinski definition) is 6. The lowest BCUT2D eigenvalue weighted by Crippen LogP contribution is -2.12. The molecule has 2 heterocycles. The van der Waals surface area contributed by atoms with Crippen molar-refractivity contribution in [3.8, 4) is 11.1 Å². The molecule has 0 unspecified atom stereocenters. The van der Waals surface area contributed by atoms with Gasteiger partial charge in [0.2, 0.25) is 0 Å². The van der Waals surface area contributed by atoms with Gasteiger partial charge in [0.15, 0.2) is 0 Å². The van der Waals surface area contributed by atoms with Crippen molar-refractivity contribution in [3.05, 3.63) is 77.9 Å². The number of rotatable bonds is 4. The highest BCUT2D eigenvalue weighted by atomic mass is 32.2. The molecule has 0 saturated carbocycles. The molecule has 32 heavy (non-hydrogen) atoms. The summed E-state index contributed by atoms with van der Waals surface area (Å²) < 4.78 is 8.56. The number of nitrogens with one attached hydrogen (secondary N) is 3. The number of allylic oxidation sites excluding steroid dienone is 5. The molecule has 8 N–H and O–H groups in total.